The van der Waals surface area contributed by atoms with Crippen LogP contribution in [0.15, 0.2) is 0 Å². The fourth-order valence-corrected chi connectivity index (χ4v) is 1.38. The Morgan fingerprint density at radius 1 is 1.26 bits per heavy atom. The third-order valence-electron chi connectivity index (χ3n) is 3.00. The molecule has 0 saturated carbocycles. The lowest BCUT2D eigenvalue weighted by molar-refractivity contribution is -0.127. The Kier molecular flexibility index (Phi) is 7.63. The van der Waals surface area contributed by atoms with Crippen LogP contribution in [0.4, 0.5) is 0 Å². The maximum absolute atomic E-state index is 11.6. The Balaban J connectivity index is 3.97. The molecule has 2 amide bonds. The normalized spacial score (nSPS) is 13.2. The highest BCUT2D eigenvalue weighted by atomic mass is 16.3. The summed E-state index contributed by atoms with van der Waals surface area (Å²) in [6, 6.07) is -0.598. The number of hydrogen-bond acceptors (Lipinski definition) is 4. The van der Waals surface area contributed by atoms with Gasteiger partial charge in [-0.3, -0.25) is 9.59 Å². The summed E-state index contributed by atoms with van der Waals surface area (Å²) in [4.78, 5) is 23.1. The van der Waals surface area contributed by atoms with E-state index in [1.54, 1.807) is 0 Å². The second kappa shape index (κ2) is 8.12. The first kappa shape index (κ1) is 17.9. The molecule has 0 unspecified atom stereocenters. The Labute approximate surface area is 115 Å². The largest absolute Gasteiger partial charge is 0.396 e. The lowest BCUT2D eigenvalue weighted by atomic mass is 9.90. The molecule has 0 spiro atoms. The Hall–Kier alpha value is -1.14. The first-order valence-corrected chi connectivity index (χ1v) is 6.60. The monoisotopic (exact) mass is 273 g/mol. The van der Waals surface area contributed by atoms with Crippen molar-refractivity contribution < 1.29 is 14.7 Å². The van der Waals surface area contributed by atoms with Crippen molar-refractivity contribution in [2.75, 3.05) is 19.7 Å². The summed E-state index contributed by atoms with van der Waals surface area (Å²) in [6.07, 6.45) is 0.609. The molecular formula is C13H27N3O3. The molecule has 1 atom stereocenters. The van der Waals surface area contributed by atoms with Crippen LogP contribution in [0.3, 0.4) is 0 Å². The van der Waals surface area contributed by atoms with Crippen molar-refractivity contribution >= 4 is 11.8 Å². The molecule has 0 saturated heterocycles. The highest BCUT2D eigenvalue weighted by Gasteiger charge is 2.20. The molecule has 0 aliphatic heterocycles. The molecule has 0 bridgehead atoms. The van der Waals surface area contributed by atoms with Gasteiger partial charge in [-0.1, -0.05) is 27.7 Å². The molecule has 0 rings (SSSR count). The van der Waals surface area contributed by atoms with Gasteiger partial charge in [-0.05, 0) is 17.8 Å². The number of hydrogen-bond donors (Lipinski definition) is 4. The van der Waals surface area contributed by atoms with E-state index < -0.39 is 6.04 Å². The molecular weight excluding hydrogens is 246 g/mol. The molecule has 0 fully saturated rings. The van der Waals surface area contributed by atoms with Crippen molar-refractivity contribution in [3.63, 3.8) is 0 Å². The molecule has 0 aliphatic rings. The molecule has 0 radical (unpaired) electrons. The maximum Gasteiger partial charge on any atom is 0.239 e. The standard InChI is InChI=1S/C13H27N3O3/c1-9(2)11(14)12(19)15-7-10(18)16-8-13(3,4)5-6-17/h9,11,17H,5-8,14H2,1-4H3,(H,15,19)(H,16,18)/t11-/m0/s1. The number of rotatable bonds is 8. The van der Waals surface area contributed by atoms with E-state index in [9.17, 15) is 9.59 Å². The van der Waals surface area contributed by atoms with Crippen LogP contribution in [0, 0.1) is 11.3 Å². The fraction of sp³-hybridized carbons (Fsp3) is 0.846. The second-order valence-electron chi connectivity index (χ2n) is 5.90. The number of nitrogens with one attached hydrogen (secondary N) is 2. The van der Waals surface area contributed by atoms with Crippen molar-refractivity contribution in [1.82, 2.24) is 10.6 Å². The first-order valence-electron chi connectivity index (χ1n) is 6.60. The average molecular weight is 273 g/mol. The number of nitrogens with two attached hydrogens (primary N) is 1. The molecule has 0 heterocycles. The van der Waals surface area contributed by atoms with Gasteiger partial charge in [0.1, 0.15) is 0 Å². The fourth-order valence-electron chi connectivity index (χ4n) is 1.38. The predicted octanol–water partition coefficient (Wildman–Crippen LogP) is -0.389. The van der Waals surface area contributed by atoms with Crippen LogP contribution in [-0.2, 0) is 9.59 Å². The molecule has 19 heavy (non-hydrogen) atoms. The highest BCUT2D eigenvalue weighted by Crippen LogP contribution is 2.17. The smallest absolute Gasteiger partial charge is 0.239 e. The quantitative estimate of drug-likeness (QED) is 0.483. The minimum atomic E-state index is -0.598. The molecule has 0 aromatic rings. The van der Waals surface area contributed by atoms with Crippen molar-refractivity contribution in [2.45, 2.75) is 40.2 Å². The maximum atomic E-state index is 11.6. The molecule has 5 N–H and O–H groups in total. The van der Waals surface area contributed by atoms with Crippen LogP contribution in [0.25, 0.3) is 0 Å². The van der Waals surface area contributed by atoms with Gasteiger partial charge in [-0.2, -0.15) is 0 Å². The zero-order valence-electron chi connectivity index (χ0n) is 12.3. The van der Waals surface area contributed by atoms with Crippen molar-refractivity contribution in [3.05, 3.63) is 0 Å². The minimum Gasteiger partial charge on any atom is -0.396 e. The van der Waals surface area contributed by atoms with Gasteiger partial charge in [0.15, 0.2) is 0 Å². The van der Waals surface area contributed by atoms with Crippen LogP contribution in [-0.4, -0.2) is 42.7 Å². The van der Waals surface area contributed by atoms with Gasteiger partial charge in [-0.25, -0.2) is 0 Å². The van der Waals surface area contributed by atoms with Crippen LogP contribution < -0.4 is 16.4 Å². The summed E-state index contributed by atoms with van der Waals surface area (Å²) in [5, 5.41) is 14.1. The second-order valence-corrected chi connectivity index (χ2v) is 5.90. The topological polar surface area (TPSA) is 104 Å². The van der Waals surface area contributed by atoms with E-state index in [1.165, 1.54) is 0 Å². The van der Waals surface area contributed by atoms with E-state index in [0.717, 1.165) is 0 Å². The SMILES string of the molecule is CC(C)[C@H](N)C(=O)NCC(=O)NCC(C)(C)CCO. The van der Waals surface area contributed by atoms with Gasteiger partial charge in [0.05, 0.1) is 12.6 Å². The lowest BCUT2D eigenvalue weighted by Crippen LogP contribution is -2.48. The number of aliphatic hydroxyl groups is 1. The van der Waals surface area contributed by atoms with Gasteiger partial charge in [0, 0.05) is 13.2 Å². The summed E-state index contributed by atoms with van der Waals surface area (Å²) >= 11 is 0. The lowest BCUT2D eigenvalue weighted by Gasteiger charge is -2.24. The average Bonchev–Trinajstić information content (AvgIpc) is 2.32. The third kappa shape index (κ3) is 7.79. The van der Waals surface area contributed by atoms with E-state index in [0.29, 0.717) is 13.0 Å². The van der Waals surface area contributed by atoms with Crippen molar-refractivity contribution in [1.29, 1.82) is 0 Å². The summed E-state index contributed by atoms with van der Waals surface area (Å²) in [5.41, 5.74) is 5.49. The van der Waals surface area contributed by atoms with E-state index in [4.69, 9.17) is 10.8 Å². The van der Waals surface area contributed by atoms with Gasteiger partial charge in [0.2, 0.25) is 11.8 Å². The number of carbonyl (C=O) groups excluding carboxylic acids is 2. The van der Waals surface area contributed by atoms with Crippen molar-refractivity contribution in [3.8, 4) is 0 Å². The van der Waals surface area contributed by atoms with Gasteiger partial charge >= 0.3 is 0 Å². The summed E-state index contributed by atoms with van der Waals surface area (Å²) in [6.45, 7) is 8.08. The number of amides is 2. The summed E-state index contributed by atoms with van der Waals surface area (Å²) < 4.78 is 0. The van der Waals surface area contributed by atoms with E-state index in [1.807, 2.05) is 27.7 Å². The van der Waals surface area contributed by atoms with Crippen LogP contribution in [0.2, 0.25) is 0 Å². The summed E-state index contributed by atoms with van der Waals surface area (Å²) in [5.74, 6) is -0.540. The molecule has 6 heteroatoms. The Morgan fingerprint density at radius 2 is 1.84 bits per heavy atom. The van der Waals surface area contributed by atoms with E-state index in [2.05, 4.69) is 10.6 Å². The highest BCUT2D eigenvalue weighted by molar-refractivity contribution is 5.87. The first-order chi connectivity index (χ1) is 8.69. The zero-order valence-corrected chi connectivity index (χ0v) is 12.3. The number of carbonyl (C=O) groups is 2. The predicted molar refractivity (Wildman–Crippen MR) is 74.3 cm³/mol. The van der Waals surface area contributed by atoms with E-state index in [-0.39, 0.29) is 36.3 Å². The zero-order chi connectivity index (χ0) is 15.1. The third-order valence-corrected chi connectivity index (χ3v) is 3.00. The summed E-state index contributed by atoms with van der Waals surface area (Å²) in [7, 11) is 0. The van der Waals surface area contributed by atoms with Gasteiger partial charge < -0.3 is 21.5 Å². The van der Waals surface area contributed by atoms with Gasteiger partial charge in [-0.15, -0.1) is 0 Å². The molecule has 0 aromatic carbocycles. The van der Waals surface area contributed by atoms with Crippen LogP contribution >= 0.6 is 0 Å². The molecule has 6 nitrogen and oxygen atoms in total. The van der Waals surface area contributed by atoms with Gasteiger partial charge in [0.25, 0.3) is 0 Å². The Morgan fingerprint density at radius 3 is 2.32 bits per heavy atom. The molecule has 0 aromatic heterocycles. The Bertz CT molecular complexity index is 304. The molecule has 0 aliphatic carbocycles. The van der Waals surface area contributed by atoms with E-state index >= 15 is 0 Å². The molecule has 112 valence electrons. The van der Waals surface area contributed by atoms with Crippen LogP contribution in [0.1, 0.15) is 34.1 Å². The van der Waals surface area contributed by atoms with Crippen molar-refractivity contribution in [2.24, 2.45) is 17.1 Å². The number of aliphatic hydroxyl groups excluding tert-OH is 1. The minimum absolute atomic E-state index is 0.0338. The van der Waals surface area contributed by atoms with Crippen LogP contribution in [0.5, 0.6) is 0 Å².